The summed E-state index contributed by atoms with van der Waals surface area (Å²) in [4.78, 5) is 19.4. The lowest BCUT2D eigenvalue weighted by Crippen LogP contribution is -2.56. The second-order valence-electron chi connectivity index (χ2n) is 8.18. The van der Waals surface area contributed by atoms with Gasteiger partial charge in [-0.1, -0.05) is 25.0 Å². The van der Waals surface area contributed by atoms with E-state index in [0.29, 0.717) is 18.8 Å². The number of piperidine rings is 1. The Bertz CT molecular complexity index is 639. The maximum atomic E-state index is 12.7. The minimum absolute atomic E-state index is 0.0743. The number of hydrogen-bond donors (Lipinski definition) is 2. The van der Waals surface area contributed by atoms with Gasteiger partial charge in [-0.05, 0) is 44.4 Å². The third kappa shape index (κ3) is 4.32. The second kappa shape index (κ2) is 8.38. The van der Waals surface area contributed by atoms with Gasteiger partial charge in [0, 0.05) is 44.8 Å². The molecule has 2 heterocycles. The van der Waals surface area contributed by atoms with E-state index in [9.17, 15) is 9.90 Å². The summed E-state index contributed by atoms with van der Waals surface area (Å²) in [6.07, 6.45) is 7.65. The average molecular weight is 373 g/mol. The third-order valence-electron chi connectivity index (χ3n) is 6.41. The first-order chi connectivity index (χ1) is 13.2. The molecule has 6 heteroatoms. The number of amides is 2. The van der Waals surface area contributed by atoms with E-state index < -0.39 is 0 Å². The van der Waals surface area contributed by atoms with Crippen LogP contribution < -0.4 is 10.2 Å². The fourth-order valence-corrected chi connectivity index (χ4v) is 4.87. The number of rotatable bonds is 3. The number of urea groups is 1. The number of anilines is 1. The molecule has 27 heavy (non-hydrogen) atoms. The molecular formula is C21H32N4O2. The molecule has 0 radical (unpaired) electrons. The number of likely N-dealkylation sites (tertiary alicyclic amines) is 1. The molecule has 4 rings (SSSR count). The standard InChI is InChI=1S/C21H32N4O2/c26-20-10-4-3-9-19(20)23-12-14-24(15-13-23)21(27)22-17-6-5-11-25(16-17)18-7-1-2-8-18/h3-4,9-10,17-18,26H,1-2,5-8,11-16H2,(H,22,27)/t17-/m0/s1. The molecule has 3 fully saturated rings. The molecule has 6 nitrogen and oxygen atoms in total. The van der Waals surface area contributed by atoms with Crippen molar-refractivity contribution in [3.63, 3.8) is 0 Å². The first-order valence-corrected chi connectivity index (χ1v) is 10.5. The lowest BCUT2D eigenvalue weighted by molar-refractivity contribution is 0.133. The Morgan fingerprint density at radius 1 is 0.963 bits per heavy atom. The van der Waals surface area contributed by atoms with Gasteiger partial charge in [0.2, 0.25) is 0 Å². The van der Waals surface area contributed by atoms with Crippen LogP contribution in [0.4, 0.5) is 10.5 Å². The van der Waals surface area contributed by atoms with Crippen LogP contribution in [0.3, 0.4) is 0 Å². The summed E-state index contributed by atoms with van der Waals surface area (Å²) in [7, 11) is 0. The van der Waals surface area contributed by atoms with Gasteiger partial charge in [-0.2, -0.15) is 0 Å². The van der Waals surface area contributed by atoms with E-state index >= 15 is 0 Å². The molecule has 2 N–H and O–H groups in total. The van der Waals surface area contributed by atoms with Crippen LogP contribution in [0, 0.1) is 0 Å². The van der Waals surface area contributed by atoms with E-state index in [1.54, 1.807) is 6.07 Å². The van der Waals surface area contributed by atoms with E-state index in [1.165, 1.54) is 38.6 Å². The number of nitrogens with zero attached hydrogens (tertiary/aromatic N) is 3. The summed E-state index contributed by atoms with van der Waals surface area (Å²) in [5.41, 5.74) is 0.858. The Balaban J connectivity index is 1.26. The number of carbonyl (C=O) groups is 1. The van der Waals surface area contributed by atoms with Crippen LogP contribution in [0.1, 0.15) is 38.5 Å². The highest BCUT2D eigenvalue weighted by molar-refractivity contribution is 5.75. The van der Waals surface area contributed by atoms with Crippen molar-refractivity contribution >= 4 is 11.7 Å². The number of aromatic hydroxyl groups is 1. The zero-order valence-corrected chi connectivity index (χ0v) is 16.1. The van der Waals surface area contributed by atoms with Gasteiger partial charge >= 0.3 is 6.03 Å². The van der Waals surface area contributed by atoms with Gasteiger partial charge in [0.25, 0.3) is 0 Å². The molecule has 1 aromatic rings. The number of phenolic OH excluding ortho intramolecular Hbond substituents is 1. The Morgan fingerprint density at radius 3 is 2.44 bits per heavy atom. The first-order valence-electron chi connectivity index (χ1n) is 10.5. The second-order valence-corrected chi connectivity index (χ2v) is 8.18. The van der Waals surface area contributed by atoms with Crippen molar-refractivity contribution in [1.29, 1.82) is 0 Å². The molecule has 1 aliphatic carbocycles. The maximum Gasteiger partial charge on any atom is 0.317 e. The number of para-hydroxylation sites is 2. The van der Waals surface area contributed by atoms with Gasteiger partial charge in [-0.15, -0.1) is 0 Å². The topological polar surface area (TPSA) is 59.1 Å². The first kappa shape index (κ1) is 18.4. The summed E-state index contributed by atoms with van der Waals surface area (Å²) < 4.78 is 0. The van der Waals surface area contributed by atoms with Crippen molar-refractivity contribution in [3.05, 3.63) is 24.3 Å². The Hall–Kier alpha value is -1.95. The Kier molecular flexibility index (Phi) is 5.72. The highest BCUT2D eigenvalue weighted by Crippen LogP contribution is 2.28. The number of piperazine rings is 1. The summed E-state index contributed by atoms with van der Waals surface area (Å²) in [6, 6.07) is 8.52. The van der Waals surface area contributed by atoms with Crippen molar-refractivity contribution in [2.45, 2.75) is 50.6 Å². The van der Waals surface area contributed by atoms with E-state index in [2.05, 4.69) is 15.1 Å². The third-order valence-corrected chi connectivity index (χ3v) is 6.41. The van der Waals surface area contributed by atoms with Crippen LogP contribution in [0.5, 0.6) is 5.75 Å². The van der Waals surface area contributed by atoms with Crippen molar-refractivity contribution in [2.75, 3.05) is 44.2 Å². The fourth-order valence-electron chi connectivity index (χ4n) is 4.87. The molecule has 1 saturated carbocycles. The monoisotopic (exact) mass is 372 g/mol. The zero-order chi connectivity index (χ0) is 18.6. The molecule has 1 atom stereocenters. The molecule has 0 unspecified atom stereocenters. The van der Waals surface area contributed by atoms with Crippen molar-refractivity contribution < 1.29 is 9.90 Å². The van der Waals surface area contributed by atoms with Gasteiger partial charge in [0.15, 0.2) is 0 Å². The summed E-state index contributed by atoms with van der Waals surface area (Å²) in [5.74, 6) is 0.310. The average Bonchev–Trinajstić information content (AvgIpc) is 3.24. The normalized spacial score (nSPS) is 25.0. The number of nitrogens with one attached hydrogen (secondary N) is 1. The van der Waals surface area contributed by atoms with E-state index in [1.807, 2.05) is 23.1 Å². The molecule has 2 aliphatic heterocycles. The van der Waals surface area contributed by atoms with Gasteiger partial charge in [-0.3, -0.25) is 4.90 Å². The van der Waals surface area contributed by atoms with Gasteiger partial charge in [0.1, 0.15) is 5.75 Å². The molecule has 2 saturated heterocycles. The van der Waals surface area contributed by atoms with Crippen LogP contribution in [0.25, 0.3) is 0 Å². The zero-order valence-electron chi connectivity index (χ0n) is 16.1. The molecule has 0 aromatic heterocycles. The van der Waals surface area contributed by atoms with Gasteiger partial charge < -0.3 is 20.2 Å². The summed E-state index contributed by atoms with van der Waals surface area (Å²) in [6.45, 7) is 5.09. The molecule has 148 valence electrons. The lowest BCUT2D eigenvalue weighted by Gasteiger charge is -2.39. The minimum Gasteiger partial charge on any atom is -0.506 e. The molecule has 0 spiro atoms. The summed E-state index contributed by atoms with van der Waals surface area (Å²) >= 11 is 0. The highest BCUT2D eigenvalue weighted by atomic mass is 16.3. The maximum absolute atomic E-state index is 12.7. The van der Waals surface area contributed by atoms with E-state index in [4.69, 9.17) is 0 Å². The largest absolute Gasteiger partial charge is 0.506 e. The van der Waals surface area contributed by atoms with Crippen molar-refractivity contribution in [2.24, 2.45) is 0 Å². The Morgan fingerprint density at radius 2 is 1.70 bits per heavy atom. The van der Waals surface area contributed by atoms with Crippen LogP contribution >= 0.6 is 0 Å². The van der Waals surface area contributed by atoms with E-state index in [0.717, 1.165) is 37.8 Å². The highest BCUT2D eigenvalue weighted by Gasteiger charge is 2.30. The number of phenols is 1. The van der Waals surface area contributed by atoms with Gasteiger partial charge in [0.05, 0.1) is 5.69 Å². The number of carbonyl (C=O) groups excluding carboxylic acids is 1. The van der Waals surface area contributed by atoms with Crippen LogP contribution in [-0.4, -0.2) is 72.3 Å². The molecule has 2 amide bonds. The predicted octanol–water partition coefficient (Wildman–Crippen LogP) is 2.63. The van der Waals surface area contributed by atoms with Crippen molar-refractivity contribution in [1.82, 2.24) is 15.1 Å². The molecule has 0 bridgehead atoms. The summed E-state index contributed by atoms with van der Waals surface area (Å²) in [5, 5.41) is 13.3. The Labute approximate surface area is 162 Å². The van der Waals surface area contributed by atoms with Gasteiger partial charge in [-0.25, -0.2) is 4.79 Å². The molecule has 1 aromatic carbocycles. The predicted molar refractivity (Wildman–Crippen MR) is 107 cm³/mol. The quantitative estimate of drug-likeness (QED) is 0.856. The fraction of sp³-hybridized carbons (Fsp3) is 0.667. The van der Waals surface area contributed by atoms with E-state index in [-0.39, 0.29) is 12.1 Å². The molecule has 3 aliphatic rings. The SMILES string of the molecule is O=C(N[C@H]1CCCN(C2CCCC2)C1)N1CCN(c2ccccc2O)CC1. The van der Waals surface area contributed by atoms with Crippen LogP contribution in [-0.2, 0) is 0 Å². The molecular weight excluding hydrogens is 340 g/mol. The lowest BCUT2D eigenvalue weighted by atomic mass is 10.0. The smallest absolute Gasteiger partial charge is 0.317 e. The van der Waals surface area contributed by atoms with Crippen molar-refractivity contribution in [3.8, 4) is 5.75 Å². The number of hydrogen-bond acceptors (Lipinski definition) is 4. The number of benzene rings is 1. The van der Waals surface area contributed by atoms with Crippen LogP contribution in [0.2, 0.25) is 0 Å². The minimum atomic E-state index is 0.0743. The van der Waals surface area contributed by atoms with Crippen LogP contribution in [0.15, 0.2) is 24.3 Å².